The van der Waals surface area contributed by atoms with E-state index in [0.717, 1.165) is 5.69 Å². The molecular formula is C18H18N4O2. The van der Waals surface area contributed by atoms with Gasteiger partial charge in [-0.3, -0.25) is 9.78 Å². The van der Waals surface area contributed by atoms with Gasteiger partial charge in [-0.25, -0.2) is 4.98 Å². The zero-order valence-corrected chi connectivity index (χ0v) is 13.6. The lowest BCUT2D eigenvalue weighted by molar-refractivity contribution is 0.0950. The van der Waals surface area contributed by atoms with Crippen LogP contribution in [0.25, 0.3) is 11.5 Å². The molecule has 122 valence electrons. The van der Waals surface area contributed by atoms with E-state index < -0.39 is 0 Å². The standard InChI is InChI=1S/C18H18N4O2/c1-22(2)14-7-5-13(6-8-14)18(23)21-12-15-17(20-10-9-19-15)16-4-3-11-24-16/h3-11H,12H2,1-2H3,(H,21,23). The molecule has 2 aromatic heterocycles. The van der Waals surface area contributed by atoms with E-state index in [9.17, 15) is 4.79 Å². The number of nitrogens with zero attached hydrogens (tertiary/aromatic N) is 3. The lowest BCUT2D eigenvalue weighted by atomic mass is 10.2. The van der Waals surface area contributed by atoms with Gasteiger partial charge in [-0.1, -0.05) is 0 Å². The number of carbonyl (C=O) groups is 1. The van der Waals surface area contributed by atoms with Gasteiger partial charge in [-0.05, 0) is 36.4 Å². The molecule has 0 aliphatic carbocycles. The first kappa shape index (κ1) is 15.7. The second-order valence-corrected chi connectivity index (χ2v) is 5.45. The van der Waals surface area contributed by atoms with Gasteiger partial charge in [0.1, 0.15) is 5.69 Å². The normalized spacial score (nSPS) is 10.4. The van der Waals surface area contributed by atoms with Crippen molar-refractivity contribution in [3.8, 4) is 11.5 Å². The number of nitrogens with one attached hydrogen (secondary N) is 1. The molecule has 0 saturated carbocycles. The van der Waals surface area contributed by atoms with Crippen LogP contribution in [0.1, 0.15) is 16.1 Å². The fourth-order valence-electron chi connectivity index (χ4n) is 2.29. The maximum absolute atomic E-state index is 12.3. The van der Waals surface area contributed by atoms with Gasteiger partial charge in [0.05, 0.1) is 18.5 Å². The van der Waals surface area contributed by atoms with Crippen LogP contribution in [-0.2, 0) is 6.54 Å². The molecule has 0 saturated heterocycles. The second-order valence-electron chi connectivity index (χ2n) is 5.45. The van der Waals surface area contributed by atoms with Crippen LogP contribution in [0.3, 0.4) is 0 Å². The smallest absolute Gasteiger partial charge is 0.251 e. The monoisotopic (exact) mass is 322 g/mol. The molecule has 24 heavy (non-hydrogen) atoms. The van der Waals surface area contributed by atoms with Crippen LogP contribution < -0.4 is 10.2 Å². The number of hydrogen-bond donors (Lipinski definition) is 1. The van der Waals surface area contributed by atoms with E-state index in [4.69, 9.17) is 4.42 Å². The summed E-state index contributed by atoms with van der Waals surface area (Å²) in [5.41, 5.74) is 2.93. The minimum atomic E-state index is -0.156. The number of rotatable bonds is 5. The lowest BCUT2D eigenvalue weighted by Crippen LogP contribution is -2.24. The zero-order chi connectivity index (χ0) is 16.9. The SMILES string of the molecule is CN(C)c1ccc(C(=O)NCc2nccnc2-c2ccco2)cc1. The van der Waals surface area contributed by atoms with E-state index in [1.165, 1.54) is 0 Å². The summed E-state index contributed by atoms with van der Waals surface area (Å²) >= 11 is 0. The summed E-state index contributed by atoms with van der Waals surface area (Å²) in [6.07, 6.45) is 4.78. The highest BCUT2D eigenvalue weighted by molar-refractivity contribution is 5.94. The fraction of sp³-hybridized carbons (Fsp3) is 0.167. The molecular weight excluding hydrogens is 304 g/mol. The highest BCUT2D eigenvalue weighted by atomic mass is 16.3. The van der Waals surface area contributed by atoms with E-state index in [1.807, 2.05) is 37.2 Å². The van der Waals surface area contributed by atoms with E-state index in [0.29, 0.717) is 22.7 Å². The van der Waals surface area contributed by atoms with E-state index in [-0.39, 0.29) is 12.5 Å². The molecule has 0 radical (unpaired) electrons. The molecule has 1 amide bonds. The van der Waals surface area contributed by atoms with Crippen LogP contribution in [0.4, 0.5) is 5.69 Å². The predicted molar refractivity (Wildman–Crippen MR) is 91.7 cm³/mol. The summed E-state index contributed by atoms with van der Waals surface area (Å²) in [5, 5.41) is 2.87. The van der Waals surface area contributed by atoms with Gasteiger partial charge in [0.15, 0.2) is 5.76 Å². The minimum Gasteiger partial charge on any atom is -0.463 e. The Kier molecular flexibility index (Phi) is 4.56. The highest BCUT2D eigenvalue weighted by Crippen LogP contribution is 2.20. The topological polar surface area (TPSA) is 71.3 Å². The Bertz CT molecular complexity index is 811. The third-order valence-electron chi connectivity index (χ3n) is 3.59. The summed E-state index contributed by atoms with van der Waals surface area (Å²) in [6.45, 7) is 0.276. The van der Waals surface area contributed by atoms with Crippen molar-refractivity contribution in [2.45, 2.75) is 6.54 Å². The molecule has 2 heterocycles. The van der Waals surface area contributed by atoms with Crippen LogP contribution in [-0.4, -0.2) is 30.0 Å². The fourth-order valence-corrected chi connectivity index (χ4v) is 2.29. The second kappa shape index (κ2) is 6.95. The third-order valence-corrected chi connectivity index (χ3v) is 3.59. The van der Waals surface area contributed by atoms with E-state index >= 15 is 0 Å². The number of amides is 1. The van der Waals surface area contributed by atoms with Crippen molar-refractivity contribution in [3.05, 3.63) is 66.3 Å². The summed E-state index contributed by atoms with van der Waals surface area (Å²) < 4.78 is 5.37. The lowest BCUT2D eigenvalue weighted by Gasteiger charge is -2.12. The van der Waals surface area contributed by atoms with Crippen molar-refractivity contribution in [3.63, 3.8) is 0 Å². The number of hydrogen-bond acceptors (Lipinski definition) is 5. The minimum absolute atomic E-state index is 0.156. The quantitative estimate of drug-likeness (QED) is 0.782. The number of carbonyl (C=O) groups excluding carboxylic acids is 1. The van der Waals surface area contributed by atoms with Gasteiger partial charge in [-0.15, -0.1) is 0 Å². The Labute approximate surface area is 140 Å². The van der Waals surface area contributed by atoms with Crippen LogP contribution >= 0.6 is 0 Å². The maximum atomic E-state index is 12.3. The largest absolute Gasteiger partial charge is 0.463 e. The average molecular weight is 322 g/mol. The summed E-state index contributed by atoms with van der Waals surface area (Å²) in [4.78, 5) is 22.9. The van der Waals surface area contributed by atoms with Crippen molar-refractivity contribution < 1.29 is 9.21 Å². The van der Waals surface area contributed by atoms with Crippen LogP contribution in [0.2, 0.25) is 0 Å². The van der Waals surface area contributed by atoms with Crippen LogP contribution in [0.5, 0.6) is 0 Å². The number of benzene rings is 1. The molecule has 0 unspecified atom stereocenters. The molecule has 1 aromatic carbocycles. The Hall–Kier alpha value is -3.15. The van der Waals surface area contributed by atoms with Crippen molar-refractivity contribution >= 4 is 11.6 Å². The number of anilines is 1. The highest BCUT2D eigenvalue weighted by Gasteiger charge is 2.12. The van der Waals surface area contributed by atoms with Gasteiger partial charge in [0.25, 0.3) is 5.91 Å². The first-order chi connectivity index (χ1) is 11.6. The van der Waals surface area contributed by atoms with E-state index in [1.54, 1.807) is 36.9 Å². The number of furan rings is 1. The van der Waals surface area contributed by atoms with Crippen molar-refractivity contribution in [1.29, 1.82) is 0 Å². The average Bonchev–Trinajstić information content (AvgIpc) is 3.14. The molecule has 0 fully saturated rings. The molecule has 3 rings (SSSR count). The van der Waals surface area contributed by atoms with Gasteiger partial charge in [-0.2, -0.15) is 0 Å². The van der Waals surface area contributed by atoms with Crippen molar-refractivity contribution in [2.75, 3.05) is 19.0 Å². The Balaban J connectivity index is 1.71. The molecule has 1 N–H and O–H groups in total. The Morgan fingerprint density at radius 3 is 2.54 bits per heavy atom. The van der Waals surface area contributed by atoms with Gasteiger partial charge in [0, 0.05) is 37.7 Å². The maximum Gasteiger partial charge on any atom is 0.251 e. The van der Waals surface area contributed by atoms with Crippen LogP contribution in [0, 0.1) is 0 Å². The Morgan fingerprint density at radius 2 is 1.88 bits per heavy atom. The molecule has 0 atom stereocenters. The first-order valence-electron chi connectivity index (χ1n) is 7.54. The summed E-state index contributed by atoms with van der Waals surface area (Å²) in [7, 11) is 3.92. The Morgan fingerprint density at radius 1 is 1.12 bits per heavy atom. The first-order valence-corrected chi connectivity index (χ1v) is 7.54. The van der Waals surface area contributed by atoms with Crippen LogP contribution in [0.15, 0.2) is 59.5 Å². The van der Waals surface area contributed by atoms with Crippen molar-refractivity contribution in [2.24, 2.45) is 0 Å². The molecule has 0 spiro atoms. The predicted octanol–water partition coefficient (Wildman–Crippen LogP) is 2.73. The van der Waals surface area contributed by atoms with E-state index in [2.05, 4.69) is 15.3 Å². The zero-order valence-electron chi connectivity index (χ0n) is 13.6. The third kappa shape index (κ3) is 3.43. The molecule has 0 bridgehead atoms. The van der Waals surface area contributed by atoms with Crippen molar-refractivity contribution in [1.82, 2.24) is 15.3 Å². The van der Waals surface area contributed by atoms with Gasteiger partial charge in [0.2, 0.25) is 0 Å². The summed E-state index contributed by atoms with van der Waals surface area (Å²) in [5.74, 6) is 0.471. The number of aromatic nitrogens is 2. The molecule has 6 heteroatoms. The molecule has 0 aliphatic rings. The molecule has 0 aliphatic heterocycles. The summed E-state index contributed by atoms with van der Waals surface area (Å²) in [6, 6.07) is 11.0. The molecule has 6 nitrogen and oxygen atoms in total. The van der Waals surface area contributed by atoms with Gasteiger partial charge < -0.3 is 14.6 Å². The van der Waals surface area contributed by atoms with Gasteiger partial charge >= 0.3 is 0 Å². The molecule has 3 aromatic rings.